The molecule has 2 aromatic carbocycles. The Morgan fingerprint density at radius 3 is 2.33 bits per heavy atom. The molecule has 0 radical (unpaired) electrons. The molecule has 4 rings (SSSR count). The normalized spacial score (nSPS) is 18.0. The predicted octanol–water partition coefficient (Wildman–Crippen LogP) is 2.71. The second kappa shape index (κ2) is 8.83. The van der Waals surface area contributed by atoms with Crippen LogP contribution in [0.2, 0.25) is 0 Å². The topological polar surface area (TPSA) is 122 Å². The summed E-state index contributed by atoms with van der Waals surface area (Å²) in [6, 6.07) is 8.68. The minimum absolute atomic E-state index is 0.176. The SMILES string of the molecule is Cc1cc(C)cc(N2C(=O)NC(=O)/C(=C/c3cc([N+](=O)[O-])ccc3N3CCOCC3)C2=O)c1. The lowest BCUT2D eigenvalue weighted by Gasteiger charge is -2.30. The van der Waals surface area contributed by atoms with Gasteiger partial charge >= 0.3 is 6.03 Å². The quantitative estimate of drug-likeness (QED) is 0.329. The van der Waals surface area contributed by atoms with Gasteiger partial charge in [-0.3, -0.25) is 25.0 Å². The number of aryl methyl sites for hydroxylation is 2. The molecule has 0 spiro atoms. The monoisotopic (exact) mass is 450 g/mol. The number of nitro groups is 1. The molecule has 10 nitrogen and oxygen atoms in total. The molecule has 2 fully saturated rings. The lowest BCUT2D eigenvalue weighted by Crippen LogP contribution is -2.54. The number of non-ortho nitro benzene ring substituents is 1. The highest BCUT2D eigenvalue weighted by atomic mass is 16.6. The Balaban J connectivity index is 1.80. The van der Waals surface area contributed by atoms with Gasteiger partial charge < -0.3 is 9.64 Å². The first kappa shape index (κ1) is 22.2. The van der Waals surface area contributed by atoms with Gasteiger partial charge in [-0.15, -0.1) is 0 Å². The zero-order valence-corrected chi connectivity index (χ0v) is 18.2. The van der Waals surface area contributed by atoms with Crippen LogP contribution < -0.4 is 15.1 Å². The van der Waals surface area contributed by atoms with Gasteiger partial charge in [0.15, 0.2) is 0 Å². The molecule has 0 saturated carbocycles. The molecule has 0 atom stereocenters. The zero-order chi connectivity index (χ0) is 23.7. The third-order valence-corrected chi connectivity index (χ3v) is 5.44. The van der Waals surface area contributed by atoms with Crippen molar-refractivity contribution in [2.45, 2.75) is 13.8 Å². The van der Waals surface area contributed by atoms with Crippen molar-refractivity contribution in [1.82, 2.24) is 5.32 Å². The number of nitro benzene ring substituents is 1. The van der Waals surface area contributed by atoms with Crippen LogP contribution in [-0.2, 0) is 14.3 Å². The van der Waals surface area contributed by atoms with E-state index < -0.39 is 22.8 Å². The summed E-state index contributed by atoms with van der Waals surface area (Å²) in [5.41, 5.74) is 2.53. The molecular formula is C23H22N4O6. The van der Waals surface area contributed by atoms with Crippen molar-refractivity contribution in [2.75, 3.05) is 36.1 Å². The summed E-state index contributed by atoms with van der Waals surface area (Å²) in [4.78, 5) is 52.1. The highest BCUT2D eigenvalue weighted by Crippen LogP contribution is 2.30. The summed E-state index contributed by atoms with van der Waals surface area (Å²) in [5, 5.41) is 13.6. The van der Waals surface area contributed by atoms with Crippen molar-refractivity contribution < 1.29 is 24.0 Å². The molecule has 2 heterocycles. The Kier molecular flexibility index (Phi) is 5.93. The number of benzene rings is 2. The Labute approximate surface area is 189 Å². The summed E-state index contributed by atoms with van der Waals surface area (Å²) in [5.74, 6) is -1.65. The van der Waals surface area contributed by atoms with Crippen LogP contribution in [0.1, 0.15) is 16.7 Å². The zero-order valence-electron chi connectivity index (χ0n) is 18.2. The number of carbonyl (C=O) groups excluding carboxylic acids is 3. The molecule has 2 aromatic rings. The van der Waals surface area contributed by atoms with Crippen LogP contribution in [-0.4, -0.2) is 49.1 Å². The largest absolute Gasteiger partial charge is 0.378 e. The predicted molar refractivity (Wildman–Crippen MR) is 121 cm³/mol. The first-order chi connectivity index (χ1) is 15.7. The molecule has 0 aromatic heterocycles. The van der Waals surface area contributed by atoms with E-state index in [4.69, 9.17) is 4.74 Å². The third kappa shape index (κ3) is 4.46. The maximum Gasteiger partial charge on any atom is 0.335 e. The minimum atomic E-state index is -0.856. The number of barbiturate groups is 1. The molecule has 10 heteroatoms. The fourth-order valence-electron chi connectivity index (χ4n) is 3.99. The number of nitrogens with zero attached hydrogens (tertiary/aromatic N) is 3. The summed E-state index contributed by atoms with van der Waals surface area (Å²) in [7, 11) is 0. The number of hydrogen-bond donors (Lipinski definition) is 1. The summed E-state index contributed by atoms with van der Waals surface area (Å²) in [6.45, 7) is 5.76. The first-order valence-electron chi connectivity index (χ1n) is 10.4. The van der Waals surface area contributed by atoms with E-state index >= 15 is 0 Å². The smallest absolute Gasteiger partial charge is 0.335 e. The van der Waals surface area contributed by atoms with Gasteiger partial charge in [0.05, 0.1) is 23.8 Å². The van der Waals surface area contributed by atoms with E-state index in [-0.39, 0.29) is 11.3 Å². The van der Waals surface area contributed by atoms with Crippen LogP contribution in [0.3, 0.4) is 0 Å². The van der Waals surface area contributed by atoms with Crippen molar-refractivity contribution in [2.24, 2.45) is 0 Å². The molecule has 4 amide bonds. The van der Waals surface area contributed by atoms with Crippen LogP contribution in [0.15, 0.2) is 42.0 Å². The number of morpholine rings is 1. The van der Waals surface area contributed by atoms with Crippen LogP contribution in [0, 0.1) is 24.0 Å². The molecule has 1 N–H and O–H groups in total. The molecule has 0 unspecified atom stereocenters. The number of hydrogen-bond acceptors (Lipinski definition) is 7. The lowest BCUT2D eigenvalue weighted by molar-refractivity contribution is -0.384. The van der Waals surface area contributed by atoms with Gasteiger partial charge in [0, 0.05) is 36.5 Å². The van der Waals surface area contributed by atoms with Gasteiger partial charge in [-0.2, -0.15) is 0 Å². The Hall–Kier alpha value is -4.05. The molecule has 2 aliphatic heterocycles. The van der Waals surface area contributed by atoms with Crippen molar-refractivity contribution in [1.29, 1.82) is 0 Å². The highest BCUT2D eigenvalue weighted by molar-refractivity contribution is 6.39. The summed E-state index contributed by atoms with van der Waals surface area (Å²) in [6.07, 6.45) is 1.30. The van der Waals surface area contributed by atoms with E-state index in [9.17, 15) is 24.5 Å². The number of nitrogens with one attached hydrogen (secondary N) is 1. The van der Waals surface area contributed by atoms with E-state index in [0.29, 0.717) is 43.2 Å². The van der Waals surface area contributed by atoms with E-state index in [0.717, 1.165) is 16.0 Å². The van der Waals surface area contributed by atoms with E-state index in [1.165, 1.54) is 18.2 Å². The average molecular weight is 450 g/mol. The molecule has 170 valence electrons. The van der Waals surface area contributed by atoms with Gasteiger partial charge in [0.2, 0.25) is 0 Å². The van der Waals surface area contributed by atoms with Gasteiger partial charge in [0.25, 0.3) is 17.5 Å². The summed E-state index contributed by atoms with van der Waals surface area (Å²) < 4.78 is 5.37. The van der Waals surface area contributed by atoms with Crippen LogP contribution in [0.4, 0.5) is 21.9 Å². The summed E-state index contributed by atoms with van der Waals surface area (Å²) >= 11 is 0. The fraction of sp³-hybridized carbons (Fsp3) is 0.261. The number of ether oxygens (including phenoxy) is 1. The molecule has 0 bridgehead atoms. The molecule has 2 saturated heterocycles. The molecule has 33 heavy (non-hydrogen) atoms. The number of amides is 4. The van der Waals surface area contributed by atoms with Crippen LogP contribution >= 0.6 is 0 Å². The number of urea groups is 1. The van der Waals surface area contributed by atoms with Crippen LogP contribution in [0.25, 0.3) is 6.08 Å². The van der Waals surface area contributed by atoms with E-state index in [2.05, 4.69) is 5.32 Å². The van der Waals surface area contributed by atoms with Gasteiger partial charge in [0.1, 0.15) is 5.57 Å². The third-order valence-electron chi connectivity index (χ3n) is 5.44. The second-order valence-electron chi connectivity index (χ2n) is 7.90. The van der Waals surface area contributed by atoms with Gasteiger partial charge in [-0.1, -0.05) is 6.07 Å². The Morgan fingerprint density at radius 2 is 1.70 bits per heavy atom. The fourth-order valence-corrected chi connectivity index (χ4v) is 3.99. The molecule has 2 aliphatic rings. The van der Waals surface area contributed by atoms with Crippen molar-refractivity contribution >= 4 is 41.0 Å². The standard InChI is InChI=1S/C23H22N4O6/c1-14-9-15(2)11-18(10-14)26-22(29)19(21(28)24-23(26)30)13-16-12-17(27(31)32)3-4-20(16)25-5-7-33-8-6-25/h3-4,9-13H,5-8H2,1-2H3,(H,24,28,30)/b19-13-. The Morgan fingerprint density at radius 1 is 1.03 bits per heavy atom. The lowest BCUT2D eigenvalue weighted by atomic mass is 10.0. The number of rotatable bonds is 4. The number of carbonyl (C=O) groups is 3. The second-order valence-corrected chi connectivity index (χ2v) is 7.90. The Bertz CT molecular complexity index is 1180. The van der Waals surface area contributed by atoms with Gasteiger partial charge in [-0.25, -0.2) is 9.69 Å². The van der Waals surface area contributed by atoms with E-state index in [1.54, 1.807) is 18.2 Å². The van der Waals surface area contributed by atoms with E-state index in [1.807, 2.05) is 24.8 Å². The minimum Gasteiger partial charge on any atom is -0.378 e. The molecular weight excluding hydrogens is 428 g/mol. The highest BCUT2D eigenvalue weighted by Gasteiger charge is 2.37. The number of imide groups is 2. The molecule has 0 aliphatic carbocycles. The average Bonchev–Trinajstić information content (AvgIpc) is 2.76. The maximum atomic E-state index is 13.3. The van der Waals surface area contributed by atoms with Crippen molar-refractivity contribution in [3.05, 3.63) is 68.8 Å². The van der Waals surface area contributed by atoms with Gasteiger partial charge in [-0.05, 0) is 49.2 Å². The van der Waals surface area contributed by atoms with Crippen molar-refractivity contribution in [3.8, 4) is 0 Å². The number of anilines is 2. The van der Waals surface area contributed by atoms with Crippen molar-refractivity contribution in [3.63, 3.8) is 0 Å². The van der Waals surface area contributed by atoms with Crippen LogP contribution in [0.5, 0.6) is 0 Å². The first-order valence-corrected chi connectivity index (χ1v) is 10.4. The maximum absolute atomic E-state index is 13.3.